The average Bonchev–Trinajstić information content (AvgIpc) is 3.51. The number of nitrogens with one attached hydrogen (secondary N) is 2. The molecule has 2 N–H and O–H groups in total. The fourth-order valence-corrected chi connectivity index (χ4v) is 5.46. The van der Waals surface area contributed by atoms with Gasteiger partial charge in [-0.05, 0) is 31.4 Å². The lowest BCUT2D eigenvalue weighted by Gasteiger charge is -2.37. The second kappa shape index (κ2) is 11.7. The number of hydrogen-bond acceptors (Lipinski definition) is 8. The SMILES string of the molecule is CC(=O)Nc1cc(Oc2cnc3nc(Nc4cc(C(C)(C)C)n(C5CC(OCc6ccccc6)C5)n4)n(C)c3c2C)ccn1. The highest BCUT2D eigenvalue weighted by molar-refractivity contribution is 5.87. The van der Waals surface area contributed by atoms with Gasteiger partial charge in [-0.15, -0.1) is 0 Å². The topological polar surface area (TPSA) is 121 Å². The molecule has 4 aromatic heterocycles. The molecular formula is C33H38N8O3. The van der Waals surface area contributed by atoms with Crippen molar-refractivity contribution in [1.82, 2.24) is 29.3 Å². The van der Waals surface area contributed by atoms with Crippen LogP contribution in [0.3, 0.4) is 0 Å². The van der Waals surface area contributed by atoms with E-state index in [0.29, 0.717) is 35.5 Å². The molecule has 0 atom stereocenters. The standard InChI is InChI=1S/C33H38N8O3/c1-20-26(44-24-12-13-34-28(16-24)36-21(2)42)18-35-31-30(20)40(6)32(38-31)37-29-17-27(33(3,4)5)41(39-29)23-14-25(15-23)43-19-22-10-8-7-9-11-22/h7-13,16-18,23,25H,14-15,19H2,1-6H3,(H,34,36,42)(H,35,37,38,39). The molecule has 1 aliphatic carbocycles. The summed E-state index contributed by atoms with van der Waals surface area (Å²) in [6.45, 7) is 10.7. The second-order valence-corrected chi connectivity index (χ2v) is 12.4. The summed E-state index contributed by atoms with van der Waals surface area (Å²) in [5.74, 6) is 2.71. The molecule has 0 radical (unpaired) electrons. The van der Waals surface area contributed by atoms with Gasteiger partial charge in [0.2, 0.25) is 11.9 Å². The van der Waals surface area contributed by atoms with Crippen LogP contribution < -0.4 is 15.4 Å². The number of rotatable bonds is 9. The van der Waals surface area contributed by atoms with Crippen LogP contribution in [0.15, 0.2) is 60.9 Å². The number of benzene rings is 1. The maximum atomic E-state index is 11.4. The number of carbonyl (C=O) groups excluding carboxylic acids is 1. The van der Waals surface area contributed by atoms with Crippen LogP contribution in [0.1, 0.15) is 63.4 Å². The predicted octanol–water partition coefficient (Wildman–Crippen LogP) is 6.58. The van der Waals surface area contributed by atoms with Gasteiger partial charge in [0.15, 0.2) is 17.2 Å². The summed E-state index contributed by atoms with van der Waals surface area (Å²) >= 11 is 0. The van der Waals surface area contributed by atoms with Crippen molar-refractivity contribution < 1.29 is 14.3 Å². The number of ether oxygens (including phenoxy) is 2. The van der Waals surface area contributed by atoms with Crippen molar-refractivity contribution in [3.05, 3.63) is 77.7 Å². The van der Waals surface area contributed by atoms with E-state index in [1.54, 1.807) is 24.5 Å². The number of fused-ring (bicyclic) bond motifs is 1. The van der Waals surface area contributed by atoms with Crippen LogP contribution in [-0.4, -0.2) is 41.3 Å². The van der Waals surface area contributed by atoms with Gasteiger partial charge >= 0.3 is 0 Å². The van der Waals surface area contributed by atoms with E-state index in [1.165, 1.54) is 12.5 Å². The van der Waals surface area contributed by atoms with Gasteiger partial charge in [0.25, 0.3) is 0 Å². The molecule has 44 heavy (non-hydrogen) atoms. The van der Waals surface area contributed by atoms with Crippen LogP contribution in [0.2, 0.25) is 0 Å². The largest absolute Gasteiger partial charge is 0.455 e. The van der Waals surface area contributed by atoms with E-state index in [0.717, 1.165) is 35.4 Å². The van der Waals surface area contributed by atoms with Crippen LogP contribution in [-0.2, 0) is 28.6 Å². The highest BCUT2D eigenvalue weighted by atomic mass is 16.5. The number of imidazole rings is 1. The first-order valence-corrected chi connectivity index (χ1v) is 14.8. The Balaban J connectivity index is 1.19. The quantitative estimate of drug-likeness (QED) is 0.196. The van der Waals surface area contributed by atoms with Gasteiger partial charge in [-0.2, -0.15) is 10.1 Å². The molecule has 228 valence electrons. The Bertz CT molecular complexity index is 1800. The molecule has 5 aromatic rings. The van der Waals surface area contributed by atoms with Gasteiger partial charge in [-0.3, -0.25) is 9.48 Å². The van der Waals surface area contributed by atoms with Crippen LogP contribution >= 0.6 is 0 Å². The summed E-state index contributed by atoms with van der Waals surface area (Å²) in [6.07, 6.45) is 5.33. The third kappa shape index (κ3) is 6.14. The summed E-state index contributed by atoms with van der Waals surface area (Å²) in [5, 5.41) is 11.1. The first-order valence-electron chi connectivity index (χ1n) is 14.8. The van der Waals surface area contributed by atoms with Gasteiger partial charge in [-0.25, -0.2) is 9.97 Å². The monoisotopic (exact) mass is 594 g/mol. The maximum absolute atomic E-state index is 11.4. The zero-order chi connectivity index (χ0) is 31.0. The number of nitrogens with zero attached hydrogens (tertiary/aromatic N) is 6. The Morgan fingerprint density at radius 2 is 1.84 bits per heavy atom. The number of pyridine rings is 2. The average molecular weight is 595 g/mol. The lowest BCUT2D eigenvalue weighted by atomic mass is 9.86. The van der Waals surface area contributed by atoms with Gasteiger partial charge < -0.3 is 24.7 Å². The molecule has 6 rings (SSSR count). The minimum atomic E-state index is -0.201. The minimum Gasteiger partial charge on any atom is -0.455 e. The Morgan fingerprint density at radius 3 is 2.57 bits per heavy atom. The predicted molar refractivity (Wildman–Crippen MR) is 169 cm³/mol. The van der Waals surface area contributed by atoms with Crippen molar-refractivity contribution in [2.24, 2.45) is 7.05 Å². The van der Waals surface area contributed by atoms with Crippen molar-refractivity contribution in [1.29, 1.82) is 0 Å². The first-order chi connectivity index (χ1) is 21.0. The van der Waals surface area contributed by atoms with E-state index >= 15 is 0 Å². The number of carbonyl (C=O) groups is 1. The summed E-state index contributed by atoms with van der Waals surface area (Å²) in [5.41, 5.74) is 4.58. The van der Waals surface area contributed by atoms with Crippen molar-refractivity contribution in [2.45, 2.75) is 71.6 Å². The highest BCUT2D eigenvalue weighted by Gasteiger charge is 2.35. The number of amides is 1. The first kappa shape index (κ1) is 29.3. The zero-order valence-electron chi connectivity index (χ0n) is 26.0. The van der Waals surface area contributed by atoms with Gasteiger partial charge in [0.1, 0.15) is 11.6 Å². The van der Waals surface area contributed by atoms with Crippen molar-refractivity contribution in [3.8, 4) is 11.5 Å². The Hall–Kier alpha value is -4.77. The zero-order valence-corrected chi connectivity index (χ0v) is 26.0. The molecule has 11 heteroatoms. The molecule has 0 bridgehead atoms. The molecule has 0 spiro atoms. The van der Waals surface area contributed by atoms with E-state index in [9.17, 15) is 4.79 Å². The molecule has 0 aliphatic heterocycles. The molecule has 1 fully saturated rings. The van der Waals surface area contributed by atoms with Crippen LogP contribution in [0.25, 0.3) is 11.2 Å². The fraction of sp³-hybridized carbons (Fsp3) is 0.364. The maximum Gasteiger partial charge on any atom is 0.222 e. The third-order valence-corrected chi connectivity index (χ3v) is 7.86. The van der Waals surface area contributed by atoms with E-state index < -0.39 is 0 Å². The summed E-state index contributed by atoms with van der Waals surface area (Å²) in [6, 6.07) is 16.1. The minimum absolute atomic E-state index is 0.0909. The van der Waals surface area contributed by atoms with Crippen LogP contribution in [0.5, 0.6) is 11.5 Å². The van der Waals surface area contributed by atoms with E-state index in [-0.39, 0.29) is 23.5 Å². The molecule has 11 nitrogen and oxygen atoms in total. The van der Waals surface area contributed by atoms with Crippen LogP contribution in [0, 0.1) is 6.92 Å². The van der Waals surface area contributed by atoms with Crippen LogP contribution in [0.4, 0.5) is 17.6 Å². The van der Waals surface area contributed by atoms with E-state index in [4.69, 9.17) is 19.6 Å². The number of aryl methyl sites for hydroxylation is 2. The Labute approximate surface area is 256 Å². The van der Waals surface area contributed by atoms with Crippen molar-refractivity contribution in [3.63, 3.8) is 0 Å². The molecule has 1 aliphatic rings. The smallest absolute Gasteiger partial charge is 0.222 e. The fourth-order valence-electron chi connectivity index (χ4n) is 5.46. The summed E-state index contributed by atoms with van der Waals surface area (Å²) in [4.78, 5) is 24.9. The summed E-state index contributed by atoms with van der Waals surface area (Å²) in [7, 11) is 1.94. The van der Waals surface area contributed by atoms with Crippen molar-refractivity contribution in [2.75, 3.05) is 10.6 Å². The normalized spacial score (nSPS) is 16.5. The molecule has 1 aromatic carbocycles. The second-order valence-electron chi connectivity index (χ2n) is 12.4. The van der Waals surface area contributed by atoms with Crippen molar-refractivity contribution >= 4 is 34.7 Å². The molecule has 0 saturated heterocycles. The highest BCUT2D eigenvalue weighted by Crippen LogP contribution is 2.39. The molecule has 0 unspecified atom stereocenters. The number of anilines is 3. The lowest BCUT2D eigenvalue weighted by Crippen LogP contribution is -2.36. The van der Waals surface area contributed by atoms with Gasteiger partial charge in [-0.1, -0.05) is 51.1 Å². The summed E-state index contributed by atoms with van der Waals surface area (Å²) < 4.78 is 16.4. The number of hydrogen-bond donors (Lipinski definition) is 2. The Morgan fingerprint density at radius 1 is 1.07 bits per heavy atom. The van der Waals surface area contributed by atoms with E-state index in [1.807, 2.05) is 36.7 Å². The van der Waals surface area contributed by atoms with Gasteiger partial charge in [0, 0.05) is 49.0 Å². The molecule has 1 saturated carbocycles. The molecule has 4 heterocycles. The lowest BCUT2D eigenvalue weighted by molar-refractivity contribution is -0.114. The third-order valence-electron chi connectivity index (χ3n) is 7.86. The van der Waals surface area contributed by atoms with E-state index in [2.05, 4.69) is 64.3 Å². The van der Waals surface area contributed by atoms with Gasteiger partial charge in [0.05, 0.1) is 30.5 Å². The number of aromatic nitrogens is 6. The molecular weight excluding hydrogens is 556 g/mol. The Kier molecular flexibility index (Phi) is 7.81. The molecule has 1 amide bonds.